The standard InChI is InChI=1S/C16H23NO3/c1-2-16(18)20-15(14-6-4-3-5-7-14)8-9-17-10-12-19-13-11-17/h3-7,15H,2,8-13H2,1H3/t15-/m1/s1. The number of carbonyl (C=O) groups excluding carboxylic acids is 1. The van der Waals surface area contributed by atoms with E-state index in [-0.39, 0.29) is 12.1 Å². The van der Waals surface area contributed by atoms with Crippen LogP contribution in [0.5, 0.6) is 0 Å². The third-order valence-corrected chi connectivity index (χ3v) is 3.54. The molecule has 0 N–H and O–H groups in total. The minimum atomic E-state index is -0.147. The first-order chi connectivity index (χ1) is 9.79. The lowest BCUT2D eigenvalue weighted by Gasteiger charge is -2.28. The molecule has 110 valence electrons. The van der Waals surface area contributed by atoms with Crippen molar-refractivity contribution in [1.29, 1.82) is 0 Å². The van der Waals surface area contributed by atoms with Gasteiger partial charge >= 0.3 is 5.97 Å². The summed E-state index contributed by atoms with van der Waals surface area (Å²) in [5, 5.41) is 0. The molecule has 1 aromatic carbocycles. The van der Waals surface area contributed by atoms with Crippen molar-refractivity contribution in [3.63, 3.8) is 0 Å². The Morgan fingerprint density at radius 3 is 2.65 bits per heavy atom. The zero-order valence-electron chi connectivity index (χ0n) is 12.1. The lowest BCUT2D eigenvalue weighted by molar-refractivity contribution is -0.149. The average Bonchev–Trinajstić information content (AvgIpc) is 2.53. The quantitative estimate of drug-likeness (QED) is 0.749. The first kappa shape index (κ1) is 15.0. The normalized spacial score (nSPS) is 17.6. The van der Waals surface area contributed by atoms with Gasteiger partial charge in [-0.2, -0.15) is 0 Å². The van der Waals surface area contributed by atoms with Crippen molar-refractivity contribution in [1.82, 2.24) is 4.90 Å². The van der Waals surface area contributed by atoms with E-state index in [1.54, 1.807) is 0 Å². The fraction of sp³-hybridized carbons (Fsp3) is 0.562. The van der Waals surface area contributed by atoms with Crippen molar-refractivity contribution in [2.24, 2.45) is 0 Å². The van der Waals surface area contributed by atoms with Crippen LogP contribution in [-0.4, -0.2) is 43.7 Å². The van der Waals surface area contributed by atoms with Gasteiger partial charge in [-0.1, -0.05) is 37.3 Å². The highest BCUT2D eigenvalue weighted by molar-refractivity contribution is 5.69. The average molecular weight is 277 g/mol. The molecule has 2 rings (SSSR count). The second kappa shape index (κ2) is 8.02. The Morgan fingerprint density at radius 2 is 2.00 bits per heavy atom. The zero-order chi connectivity index (χ0) is 14.2. The van der Waals surface area contributed by atoms with Crippen LogP contribution < -0.4 is 0 Å². The Hall–Kier alpha value is -1.39. The van der Waals surface area contributed by atoms with Gasteiger partial charge in [-0.3, -0.25) is 9.69 Å². The van der Waals surface area contributed by atoms with Crippen LogP contribution >= 0.6 is 0 Å². The second-order valence-electron chi connectivity index (χ2n) is 4.99. The topological polar surface area (TPSA) is 38.8 Å². The molecule has 0 radical (unpaired) electrons. The van der Waals surface area contributed by atoms with Crippen molar-refractivity contribution in [3.8, 4) is 0 Å². The summed E-state index contributed by atoms with van der Waals surface area (Å²) < 4.78 is 10.9. The molecule has 0 aliphatic carbocycles. The number of morpholine rings is 1. The van der Waals surface area contributed by atoms with Gasteiger partial charge in [-0.05, 0) is 5.56 Å². The zero-order valence-corrected chi connectivity index (χ0v) is 12.1. The van der Waals surface area contributed by atoms with E-state index in [2.05, 4.69) is 4.90 Å². The van der Waals surface area contributed by atoms with E-state index < -0.39 is 0 Å². The molecule has 4 nitrogen and oxygen atoms in total. The van der Waals surface area contributed by atoms with Gasteiger partial charge in [-0.25, -0.2) is 0 Å². The third kappa shape index (κ3) is 4.62. The molecule has 20 heavy (non-hydrogen) atoms. The maximum atomic E-state index is 11.6. The summed E-state index contributed by atoms with van der Waals surface area (Å²) in [7, 11) is 0. The summed E-state index contributed by atoms with van der Waals surface area (Å²) in [5.41, 5.74) is 1.07. The van der Waals surface area contributed by atoms with E-state index in [0.717, 1.165) is 44.8 Å². The van der Waals surface area contributed by atoms with Gasteiger partial charge in [-0.15, -0.1) is 0 Å². The van der Waals surface area contributed by atoms with E-state index >= 15 is 0 Å². The highest BCUT2D eigenvalue weighted by Gasteiger charge is 2.18. The molecule has 1 saturated heterocycles. The Labute approximate surface area is 120 Å². The molecule has 0 spiro atoms. The summed E-state index contributed by atoms with van der Waals surface area (Å²) in [4.78, 5) is 14.0. The van der Waals surface area contributed by atoms with Gasteiger partial charge in [0.1, 0.15) is 6.10 Å². The molecule has 1 aliphatic rings. The second-order valence-corrected chi connectivity index (χ2v) is 4.99. The molecule has 1 fully saturated rings. The minimum absolute atomic E-state index is 0.138. The number of rotatable bonds is 6. The van der Waals surface area contributed by atoms with Crippen molar-refractivity contribution >= 4 is 5.97 Å². The highest BCUT2D eigenvalue weighted by atomic mass is 16.5. The number of hydrogen-bond acceptors (Lipinski definition) is 4. The Bertz CT molecular complexity index is 401. The summed E-state index contributed by atoms with van der Waals surface area (Å²) in [6.45, 7) is 6.27. The van der Waals surface area contributed by atoms with Crippen molar-refractivity contribution in [2.75, 3.05) is 32.8 Å². The predicted molar refractivity (Wildman–Crippen MR) is 77.4 cm³/mol. The molecule has 0 saturated carbocycles. The Morgan fingerprint density at radius 1 is 1.30 bits per heavy atom. The smallest absolute Gasteiger partial charge is 0.306 e. The molecule has 0 bridgehead atoms. The number of hydrogen-bond donors (Lipinski definition) is 0. The van der Waals surface area contributed by atoms with E-state index in [4.69, 9.17) is 9.47 Å². The summed E-state index contributed by atoms with van der Waals surface area (Å²) in [6.07, 6.45) is 1.10. The largest absolute Gasteiger partial charge is 0.457 e. The van der Waals surface area contributed by atoms with E-state index in [0.29, 0.717) is 6.42 Å². The van der Waals surface area contributed by atoms with Crippen molar-refractivity contribution in [3.05, 3.63) is 35.9 Å². The summed E-state index contributed by atoms with van der Waals surface area (Å²) in [5.74, 6) is -0.138. The van der Waals surface area contributed by atoms with E-state index in [1.807, 2.05) is 37.3 Å². The lowest BCUT2D eigenvalue weighted by atomic mass is 10.1. The Balaban J connectivity index is 1.93. The third-order valence-electron chi connectivity index (χ3n) is 3.54. The Kier molecular flexibility index (Phi) is 6.02. The van der Waals surface area contributed by atoms with Gasteiger partial charge < -0.3 is 9.47 Å². The van der Waals surface area contributed by atoms with Gasteiger partial charge in [0.25, 0.3) is 0 Å². The maximum absolute atomic E-state index is 11.6. The minimum Gasteiger partial charge on any atom is -0.457 e. The first-order valence-corrected chi connectivity index (χ1v) is 7.34. The monoisotopic (exact) mass is 277 g/mol. The maximum Gasteiger partial charge on any atom is 0.306 e. The molecule has 1 heterocycles. The van der Waals surface area contributed by atoms with E-state index in [9.17, 15) is 4.79 Å². The van der Waals surface area contributed by atoms with Crippen LogP contribution in [0.3, 0.4) is 0 Å². The number of benzene rings is 1. The fourth-order valence-corrected chi connectivity index (χ4v) is 2.33. The lowest BCUT2D eigenvalue weighted by Crippen LogP contribution is -2.37. The van der Waals surface area contributed by atoms with Crippen LogP contribution in [0.1, 0.15) is 31.4 Å². The van der Waals surface area contributed by atoms with Crippen LogP contribution in [0.4, 0.5) is 0 Å². The number of carbonyl (C=O) groups is 1. The van der Waals surface area contributed by atoms with Gasteiger partial charge in [0.05, 0.1) is 13.2 Å². The first-order valence-electron chi connectivity index (χ1n) is 7.34. The SMILES string of the molecule is CCC(=O)O[C@H](CCN1CCOCC1)c1ccccc1. The molecule has 4 heteroatoms. The molecular formula is C16H23NO3. The summed E-state index contributed by atoms with van der Waals surface area (Å²) >= 11 is 0. The molecular weight excluding hydrogens is 254 g/mol. The van der Waals surface area contributed by atoms with Crippen LogP contribution in [0.2, 0.25) is 0 Å². The molecule has 1 aliphatic heterocycles. The van der Waals surface area contributed by atoms with Gasteiger partial charge in [0.15, 0.2) is 0 Å². The number of nitrogens with zero attached hydrogens (tertiary/aromatic N) is 1. The summed E-state index contributed by atoms with van der Waals surface area (Å²) in [6, 6.07) is 9.98. The van der Waals surface area contributed by atoms with Crippen LogP contribution in [0.15, 0.2) is 30.3 Å². The van der Waals surface area contributed by atoms with Crippen LogP contribution in [0.25, 0.3) is 0 Å². The fourth-order valence-electron chi connectivity index (χ4n) is 2.33. The van der Waals surface area contributed by atoms with E-state index in [1.165, 1.54) is 0 Å². The molecule has 1 atom stereocenters. The van der Waals surface area contributed by atoms with Gasteiger partial charge in [0, 0.05) is 32.5 Å². The molecule has 0 unspecified atom stereocenters. The highest BCUT2D eigenvalue weighted by Crippen LogP contribution is 2.22. The predicted octanol–water partition coefficient (Wildman–Crippen LogP) is 2.40. The molecule has 1 aromatic rings. The number of ether oxygens (including phenoxy) is 2. The molecule has 0 aromatic heterocycles. The van der Waals surface area contributed by atoms with Gasteiger partial charge in [0.2, 0.25) is 0 Å². The van der Waals surface area contributed by atoms with Crippen molar-refractivity contribution in [2.45, 2.75) is 25.9 Å². The molecule has 0 amide bonds. The number of esters is 1. The van der Waals surface area contributed by atoms with Crippen LogP contribution in [0, 0.1) is 0 Å². The van der Waals surface area contributed by atoms with Crippen molar-refractivity contribution < 1.29 is 14.3 Å². The van der Waals surface area contributed by atoms with Crippen LogP contribution in [-0.2, 0) is 14.3 Å².